The van der Waals surface area contributed by atoms with Crippen molar-refractivity contribution in [3.8, 4) is 17.2 Å². The van der Waals surface area contributed by atoms with Gasteiger partial charge in [-0.15, -0.1) is 0 Å². The second-order valence-corrected chi connectivity index (χ2v) is 6.61. The van der Waals surface area contributed by atoms with Crippen molar-refractivity contribution in [3.05, 3.63) is 54.6 Å². The van der Waals surface area contributed by atoms with Gasteiger partial charge in [0, 0.05) is 26.2 Å². The molecule has 2 amide bonds. The number of nitrogens with zero attached hydrogens (tertiary/aromatic N) is 2. The second-order valence-electron chi connectivity index (χ2n) is 6.61. The van der Waals surface area contributed by atoms with Crippen LogP contribution < -0.4 is 14.2 Å². The van der Waals surface area contributed by atoms with E-state index in [2.05, 4.69) is 0 Å². The van der Waals surface area contributed by atoms with Crippen molar-refractivity contribution in [2.45, 2.75) is 6.42 Å². The van der Waals surface area contributed by atoms with Crippen LogP contribution in [0.15, 0.2) is 54.6 Å². The van der Waals surface area contributed by atoms with Crippen molar-refractivity contribution in [2.75, 3.05) is 46.5 Å². The third kappa shape index (κ3) is 5.88. The van der Waals surface area contributed by atoms with Crippen LogP contribution in [0.1, 0.15) is 6.42 Å². The van der Waals surface area contributed by atoms with Crippen LogP contribution in [0, 0.1) is 0 Å². The fourth-order valence-electron chi connectivity index (χ4n) is 3.11. The third-order valence-corrected chi connectivity index (χ3v) is 4.73. The molecule has 1 heterocycles. The van der Waals surface area contributed by atoms with Crippen molar-refractivity contribution in [1.82, 2.24) is 9.80 Å². The standard InChI is InChI=1S/C22H26N2O5/c1-27-19-9-5-6-10-20(19)29-17-22(26)24-14-12-23(13-15-24)21(25)11-16-28-18-7-3-2-4-8-18/h2-10H,11-17H2,1H3. The summed E-state index contributed by atoms with van der Waals surface area (Å²) < 4.78 is 16.4. The summed E-state index contributed by atoms with van der Waals surface area (Å²) in [6.07, 6.45) is 0.319. The molecule has 0 aliphatic carbocycles. The predicted molar refractivity (Wildman–Crippen MR) is 108 cm³/mol. The minimum atomic E-state index is -0.101. The highest BCUT2D eigenvalue weighted by molar-refractivity contribution is 5.79. The molecule has 154 valence electrons. The van der Waals surface area contributed by atoms with Crippen LogP contribution >= 0.6 is 0 Å². The lowest BCUT2D eigenvalue weighted by Crippen LogP contribution is -2.51. The number of benzene rings is 2. The van der Waals surface area contributed by atoms with Crippen LogP contribution in [0.5, 0.6) is 17.2 Å². The Bertz CT molecular complexity index is 804. The molecule has 2 aromatic rings. The minimum Gasteiger partial charge on any atom is -0.493 e. The molecule has 0 unspecified atom stereocenters. The van der Waals surface area contributed by atoms with Crippen molar-refractivity contribution < 1.29 is 23.8 Å². The molecule has 7 heteroatoms. The highest BCUT2D eigenvalue weighted by atomic mass is 16.5. The van der Waals surface area contributed by atoms with Crippen LogP contribution in [0.3, 0.4) is 0 Å². The number of piperazine rings is 1. The molecule has 1 aliphatic rings. The molecule has 0 aromatic heterocycles. The number of para-hydroxylation sites is 3. The number of carbonyl (C=O) groups is 2. The van der Waals surface area contributed by atoms with E-state index in [1.54, 1.807) is 29.0 Å². The Kier molecular flexibility index (Phi) is 7.33. The molecule has 1 aliphatic heterocycles. The van der Waals surface area contributed by atoms with E-state index in [1.807, 2.05) is 42.5 Å². The van der Waals surface area contributed by atoms with Crippen LogP contribution in [0.4, 0.5) is 0 Å². The molecule has 0 radical (unpaired) electrons. The molecular formula is C22H26N2O5. The molecule has 2 aromatic carbocycles. The Hall–Kier alpha value is -3.22. The van der Waals surface area contributed by atoms with E-state index < -0.39 is 0 Å². The summed E-state index contributed by atoms with van der Waals surface area (Å²) in [5.74, 6) is 1.82. The van der Waals surface area contributed by atoms with Gasteiger partial charge in [-0.3, -0.25) is 9.59 Å². The third-order valence-electron chi connectivity index (χ3n) is 4.73. The van der Waals surface area contributed by atoms with Crippen molar-refractivity contribution in [1.29, 1.82) is 0 Å². The van der Waals surface area contributed by atoms with Crippen LogP contribution in [0.25, 0.3) is 0 Å². The summed E-state index contributed by atoms with van der Waals surface area (Å²) >= 11 is 0. The van der Waals surface area contributed by atoms with E-state index in [0.29, 0.717) is 50.7 Å². The molecule has 29 heavy (non-hydrogen) atoms. The lowest BCUT2D eigenvalue weighted by molar-refractivity contribution is -0.141. The maximum Gasteiger partial charge on any atom is 0.260 e. The van der Waals surface area contributed by atoms with Gasteiger partial charge in [-0.25, -0.2) is 0 Å². The number of hydrogen-bond donors (Lipinski definition) is 0. The maximum atomic E-state index is 12.4. The maximum absolute atomic E-state index is 12.4. The molecular weight excluding hydrogens is 372 g/mol. The van der Waals surface area contributed by atoms with E-state index in [1.165, 1.54) is 0 Å². The Morgan fingerprint density at radius 3 is 2.03 bits per heavy atom. The summed E-state index contributed by atoms with van der Waals surface area (Å²) in [4.78, 5) is 28.3. The van der Waals surface area contributed by atoms with Gasteiger partial charge >= 0.3 is 0 Å². The quantitative estimate of drug-likeness (QED) is 0.682. The van der Waals surface area contributed by atoms with Gasteiger partial charge in [-0.05, 0) is 24.3 Å². The molecule has 1 saturated heterocycles. The van der Waals surface area contributed by atoms with Crippen molar-refractivity contribution >= 4 is 11.8 Å². The zero-order valence-corrected chi connectivity index (χ0v) is 16.6. The van der Waals surface area contributed by atoms with Gasteiger partial charge in [0.05, 0.1) is 20.1 Å². The van der Waals surface area contributed by atoms with Crippen LogP contribution in [-0.2, 0) is 9.59 Å². The summed E-state index contributed by atoms with van der Waals surface area (Å²) in [6.45, 7) is 2.32. The Morgan fingerprint density at radius 2 is 1.38 bits per heavy atom. The van der Waals surface area contributed by atoms with Gasteiger partial charge in [0.15, 0.2) is 18.1 Å². The second kappa shape index (κ2) is 10.4. The van der Waals surface area contributed by atoms with E-state index in [-0.39, 0.29) is 18.4 Å². The molecule has 0 spiro atoms. The summed E-state index contributed by atoms with van der Waals surface area (Å²) in [5, 5.41) is 0. The Morgan fingerprint density at radius 1 is 0.793 bits per heavy atom. The predicted octanol–water partition coefficient (Wildman–Crippen LogP) is 2.21. The first-order valence-corrected chi connectivity index (χ1v) is 9.66. The normalized spacial score (nSPS) is 13.7. The molecule has 0 bridgehead atoms. The average Bonchev–Trinajstić information content (AvgIpc) is 2.78. The van der Waals surface area contributed by atoms with Gasteiger partial charge in [-0.1, -0.05) is 30.3 Å². The van der Waals surface area contributed by atoms with Gasteiger partial charge in [0.25, 0.3) is 5.91 Å². The number of amides is 2. The number of ether oxygens (including phenoxy) is 3. The fraction of sp³-hybridized carbons (Fsp3) is 0.364. The lowest BCUT2D eigenvalue weighted by atomic mass is 10.2. The van der Waals surface area contributed by atoms with Gasteiger partial charge in [-0.2, -0.15) is 0 Å². The van der Waals surface area contributed by atoms with Crippen LogP contribution in [-0.4, -0.2) is 68.1 Å². The van der Waals surface area contributed by atoms with Crippen molar-refractivity contribution in [2.24, 2.45) is 0 Å². The first-order chi connectivity index (χ1) is 14.2. The van der Waals surface area contributed by atoms with E-state index in [9.17, 15) is 9.59 Å². The largest absolute Gasteiger partial charge is 0.493 e. The molecule has 0 atom stereocenters. The van der Waals surface area contributed by atoms with E-state index in [0.717, 1.165) is 5.75 Å². The van der Waals surface area contributed by atoms with Crippen LogP contribution in [0.2, 0.25) is 0 Å². The highest BCUT2D eigenvalue weighted by Crippen LogP contribution is 2.25. The number of hydrogen-bond acceptors (Lipinski definition) is 5. The number of rotatable bonds is 8. The molecule has 0 N–H and O–H groups in total. The van der Waals surface area contributed by atoms with Gasteiger partial charge in [0.1, 0.15) is 5.75 Å². The first-order valence-electron chi connectivity index (χ1n) is 9.66. The minimum absolute atomic E-state index is 0.0401. The lowest BCUT2D eigenvalue weighted by Gasteiger charge is -2.34. The SMILES string of the molecule is COc1ccccc1OCC(=O)N1CCN(C(=O)CCOc2ccccc2)CC1. The Labute approximate surface area is 170 Å². The number of methoxy groups -OCH3 is 1. The summed E-state index contributed by atoms with van der Waals surface area (Å²) in [7, 11) is 1.56. The average molecular weight is 398 g/mol. The zero-order valence-electron chi connectivity index (χ0n) is 16.6. The van der Waals surface area contributed by atoms with Gasteiger partial charge in [0.2, 0.25) is 5.91 Å². The summed E-state index contributed by atoms with van der Waals surface area (Å²) in [6, 6.07) is 16.6. The molecule has 7 nitrogen and oxygen atoms in total. The summed E-state index contributed by atoms with van der Waals surface area (Å²) in [5.41, 5.74) is 0. The Balaban J connectivity index is 1.38. The monoisotopic (exact) mass is 398 g/mol. The van der Waals surface area contributed by atoms with Crippen molar-refractivity contribution in [3.63, 3.8) is 0 Å². The topological polar surface area (TPSA) is 68.3 Å². The smallest absolute Gasteiger partial charge is 0.260 e. The molecule has 1 fully saturated rings. The zero-order chi connectivity index (χ0) is 20.5. The fourth-order valence-corrected chi connectivity index (χ4v) is 3.11. The van der Waals surface area contributed by atoms with Gasteiger partial charge < -0.3 is 24.0 Å². The molecule has 3 rings (SSSR count). The first kappa shape index (κ1) is 20.5. The number of carbonyl (C=O) groups excluding carboxylic acids is 2. The van der Waals surface area contributed by atoms with E-state index >= 15 is 0 Å². The highest BCUT2D eigenvalue weighted by Gasteiger charge is 2.24. The molecule has 0 saturated carbocycles. The van der Waals surface area contributed by atoms with E-state index in [4.69, 9.17) is 14.2 Å².